The van der Waals surface area contributed by atoms with Crippen molar-refractivity contribution in [2.75, 3.05) is 44.9 Å². The molecule has 1 aliphatic rings. The molecule has 35 nitrogen and oxygen atoms in total. The number of halogens is 3. The average Bonchev–Trinajstić information content (AvgIpc) is 1.66. The number of thioether (sulfide) groups is 1. The zero-order valence-electron chi connectivity index (χ0n) is 58.8. The van der Waals surface area contributed by atoms with E-state index in [-0.39, 0.29) is 80.5 Å². The number of alkyl halides is 3. The number of benzene rings is 4. The third kappa shape index (κ3) is 25.1. The number of carbonyl (C=O) groups is 10. The van der Waals surface area contributed by atoms with Crippen LogP contribution in [-0.4, -0.2) is 184 Å². The van der Waals surface area contributed by atoms with Crippen molar-refractivity contribution in [1.29, 1.82) is 0 Å². The molecule has 4 aromatic carbocycles. The number of non-ortho nitro benzene ring substituents is 1. The second kappa shape index (κ2) is 39.2. The van der Waals surface area contributed by atoms with Crippen LogP contribution in [0.5, 0.6) is 11.5 Å². The largest absolute Gasteiger partial charge is 0.497 e. The number of ether oxygens (including phenoxy) is 2. The number of carbonyl (C=O) groups excluding carboxylic acids is 9. The van der Waals surface area contributed by atoms with Gasteiger partial charge in [-0.25, -0.2) is 9.59 Å². The Labute approximate surface area is 612 Å². The summed E-state index contributed by atoms with van der Waals surface area (Å²) in [6, 6.07) is 12.2. The number of aliphatic imine (C=N–C) groups is 1. The van der Waals surface area contributed by atoms with E-state index in [1.165, 1.54) is 56.9 Å². The number of H-pyrrole nitrogens is 1. The van der Waals surface area contributed by atoms with Gasteiger partial charge in [0.2, 0.25) is 53.2 Å². The number of primary amides is 1. The number of hydrogen-bond donors (Lipinski definition) is 13. The van der Waals surface area contributed by atoms with Crippen LogP contribution in [0.25, 0.3) is 21.9 Å². The van der Waals surface area contributed by atoms with Gasteiger partial charge >= 0.3 is 17.8 Å². The number of nitrogens with one attached hydrogen (secondary N) is 9. The fraction of sp³-hybridized carbons (Fsp3) is 0.412. The van der Waals surface area contributed by atoms with E-state index in [0.717, 1.165) is 17.7 Å². The highest BCUT2D eigenvalue weighted by Crippen LogP contribution is 2.30. The summed E-state index contributed by atoms with van der Waals surface area (Å²) in [4.78, 5) is 179. The van der Waals surface area contributed by atoms with Gasteiger partial charge in [-0.2, -0.15) is 24.9 Å². The van der Waals surface area contributed by atoms with Crippen LogP contribution in [-0.2, 0) is 66.5 Å². The lowest BCUT2D eigenvalue weighted by Crippen LogP contribution is -2.60. The highest BCUT2D eigenvalue weighted by molar-refractivity contribution is 7.98. The molecule has 9 amide bonds. The molecule has 16 N–H and O–H groups in total. The Bertz CT molecular complexity index is 4330. The van der Waals surface area contributed by atoms with E-state index in [2.05, 4.69) is 52.5 Å². The van der Waals surface area contributed by atoms with Crippen LogP contribution in [0.15, 0.2) is 111 Å². The first-order valence-electron chi connectivity index (χ1n) is 33.2. The number of carboxylic acids is 1. The van der Waals surface area contributed by atoms with Crippen LogP contribution in [0.2, 0.25) is 0 Å². The molecule has 1 fully saturated rings. The lowest BCUT2D eigenvalue weighted by molar-refractivity contribution is -0.393. The van der Waals surface area contributed by atoms with E-state index in [1.54, 1.807) is 54.7 Å². The van der Waals surface area contributed by atoms with Crippen LogP contribution in [0, 0.1) is 26.1 Å². The molecule has 6 aromatic rings. The summed E-state index contributed by atoms with van der Waals surface area (Å²) in [5.41, 5.74) is 17.1. The summed E-state index contributed by atoms with van der Waals surface area (Å²) in [7, 11) is 2.98. The number of amides is 9. The zero-order chi connectivity index (χ0) is 79.0. The highest BCUT2D eigenvalue weighted by Gasteiger charge is 2.40. The lowest BCUT2D eigenvalue weighted by Gasteiger charge is -2.28. The van der Waals surface area contributed by atoms with Crippen molar-refractivity contribution in [2.45, 2.75) is 133 Å². The van der Waals surface area contributed by atoms with Crippen LogP contribution in [0.4, 0.5) is 30.2 Å². The second-order valence-electron chi connectivity index (χ2n) is 24.9. The molecule has 0 saturated carbocycles. The average molecular weight is 1520 g/mol. The molecule has 3 heterocycles. The molecule has 0 radical (unpaired) electrons. The van der Waals surface area contributed by atoms with Gasteiger partial charge in [0.05, 0.1) is 36.6 Å². The van der Waals surface area contributed by atoms with Crippen molar-refractivity contribution >= 4 is 116 Å². The number of nitro benzene ring substituents is 2. The number of nitro groups is 2. The van der Waals surface area contributed by atoms with E-state index < -0.39 is 147 Å². The monoisotopic (exact) mass is 1520 g/mol. The van der Waals surface area contributed by atoms with Gasteiger partial charge in [0.1, 0.15) is 71.1 Å². The summed E-state index contributed by atoms with van der Waals surface area (Å²) in [5, 5.41) is 52.6. The number of nitrogens with two attached hydrogens (primary N) is 3. The number of aliphatic carboxylic acids is 1. The van der Waals surface area contributed by atoms with Gasteiger partial charge in [-0.05, 0) is 105 Å². The van der Waals surface area contributed by atoms with Gasteiger partial charge in [0.15, 0.2) is 5.96 Å². The summed E-state index contributed by atoms with van der Waals surface area (Å²) in [6.45, 7) is 5.99. The van der Waals surface area contributed by atoms with Gasteiger partial charge in [-0.1, -0.05) is 44.2 Å². The number of guanidine groups is 1. The van der Waals surface area contributed by atoms with E-state index in [0.29, 0.717) is 57.2 Å². The van der Waals surface area contributed by atoms with Crippen LogP contribution in [0.3, 0.4) is 0 Å². The quantitative estimate of drug-likeness (QED) is 0.00671. The molecule has 0 spiro atoms. The number of para-hydroxylation sites is 1. The molecule has 8 atom stereocenters. The molecule has 0 bridgehead atoms. The maximum Gasteiger partial charge on any atom is 0.490 e. The third-order valence-electron chi connectivity index (χ3n) is 16.5. The van der Waals surface area contributed by atoms with Crippen LogP contribution >= 0.6 is 11.8 Å². The van der Waals surface area contributed by atoms with Crippen molar-refractivity contribution in [3.05, 3.63) is 145 Å². The van der Waals surface area contributed by atoms with E-state index in [9.17, 15) is 81.3 Å². The number of carboxylic acid groups (broad SMARTS) is 1. The number of nitrogens with zero attached hydrogens (tertiary/aromatic N) is 4. The summed E-state index contributed by atoms with van der Waals surface area (Å²) in [6.07, 6.45) is -3.07. The Morgan fingerprint density at radius 1 is 0.720 bits per heavy atom. The molecular formula is C68H83F3N16O19S. The van der Waals surface area contributed by atoms with E-state index in [1.807, 2.05) is 26.0 Å². The van der Waals surface area contributed by atoms with Crippen molar-refractivity contribution in [3.63, 3.8) is 0 Å². The summed E-state index contributed by atoms with van der Waals surface area (Å²) >= 11 is 1.26. The number of aromatic amines is 1. The number of methoxy groups -OCH3 is 2. The molecule has 107 heavy (non-hydrogen) atoms. The van der Waals surface area contributed by atoms with Gasteiger partial charge in [-0.3, -0.25) is 68.4 Å². The van der Waals surface area contributed by atoms with E-state index >= 15 is 0 Å². The highest BCUT2D eigenvalue weighted by atomic mass is 32.2. The lowest BCUT2D eigenvalue weighted by atomic mass is 10.0. The standard InChI is InChI=1S/C66H82N16O17S.C2HF3O2/c1-35(2)25-49(77-65(92)53-14-10-24-80(53)56(83)27-39-28-57(84)99-55-30-43(98-6)20-21-45(39)55)62(89)73-37(4)60(87)79-52(34-100-33-38-15-18-42(97-5)19-16-38)64(91)76-50(26-40-31-71-46-12-8-7-11-44(40)46)63(90)74-36(3)59(86)75-48(13-9-23-70-66(68)69)61(88)78-51(58(67)85)32-72-47-22-17-41(81(93)94)29-54(47)82(95)96;3-2(4,5)1(6)7/h7-8,11-12,15-22,28-31,35-37,48-53,71-72H,9-10,13-14,23-27,32-34H2,1-6H3,(H2,67,85)(H,73,89)(H,74,90)(H,75,86)(H,76,91)(H,77,92)(H,78,88)(H,79,87)(H4,68,69,70);(H,6,7)/t36-,37-,48-,49-,50-,51-,52-,53-;/m0./s1. The molecule has 576 valence electrons. The van der Waals surface area contributed by atoms with E-state index in [4.69, 9.17) is 41.0 Å². The second-order valence-corrected chi connectivity index (χ2v) is 26.0. The maximum atomic E-state index is 14.9. The number of anilines is 1. The maximum absolute atomic E-state index is 14.9. The molecule has 1 aliphatic heterocycles. The van der Waals surface area contributed by atoms with Gasteiger partial charge in [-0.15, -0.1) is 0 Å². The smallest absolute Gasteiger partial charge is 0.490 e. The first-order valence-corrected chi connectivity index (χ1v) is 34.3. The molecule has 0 aliphatic carbocycles. The third-order valence-corrected chi connectivity index (χ3v) is 17.6. The van der Waals surface area contributed by atoms with Crippen LogP contribution in [0.1, 0.15) is 76.5 Å². The zero-order valence-corrected chi connectivity index (χ0v) is 59.6. The minimum absolute atomic E-state index is 0.0233. The molecule has 39 heteroatoms. The Morgan fingerprint density at radius 2 is 1.32 bits per heavy atom. The minimum atomic E-state index is -5.08. The molecule has 1 saturated heterocycles. The van der Waals surface area contributed by atoms with Crippen molar-refractivity contribution < 1.29 is 90.0 Å². The van der Waals surface area contributed by atoms with Gasteiger partial charge in [0.25, 0.3) is 11.4 Å². The van der Waals surface area contributed by atoms with Gasteiger partial charge < -0.3 is 88.6 Å². The van der Waals surface area contributed by atoms with Gasteiger partial charge in [0, 0.05) is 78.2 Å². The fourth-order valence-corrected chi connectivity index (χ4v) is 12.0. The van der Waals surface area contributed by atoms with Crippen molar-refractivity contribution in [3.8, 4) is 11.5 Å². The predicted molar refractivity (Wildman–Crippen MR) is 384 cm³/mol. The number of rotatable bonds is 36. The fourth-order valence-electron chi connectivity index (χ4n) is 11.0. The summed E-state index contributed by atoms with van der Waals surface area (Å²) < 4.78 is 47.7. The molecule has 7 rings (SSSR count). The predicted octanol–water partition coefficient (Wildman–Crippen LogP) is 2.58. The Balaban J connectivity index is 0.00000243. The number of fused-ring (bicyclic) bond motifs is 2. The van der Waals surface area contributed by atoms with Crippen LogP contribution < -0.4 is 74.8 Å². The normalized spacial score (nSPS) is 14.5. The number of likely N-dealkylation sites (tertiary alicyclic amines) is 1. The Morgan fingerprint density at radius 3 is 1.93 bits per heavy atom. The SMILES string of the molecule is COc1ccc(CSC[C@H](NC(=O)[C@H](C)NC(=O)[C@H](CC(C)C)NC(=O)[C@@H]2CCCN2C(=O)Cc2cc(=O)oc3cc(OC)ccc23)C(=O)N[C@@H](Cc2c[nH]c3ccccc23)C(=O)N[C@@H](C)C(=O)N[C@@H](CCCN=C(N)N)C(=O)N[C@@H](CNc2ccc([N+](=O)[O-])cc2[N+](=O)[O-])C(N)=O)cc1.O=C(O)C(F)(F)F. The molecule has 0 unspecified atom stereocenters. The minimum Gasteiger partial charge on any atom is -0.497 e. The first-order chi connectivity index (χ1) is 50.6. The molecule has 2 aromatic heterocycles. The topological polar surface area (TPSA) is 532 Å². The Hall–Kier alpha value is -12.1. The Kier molecular flexibility index (Phi) is 30.7. The van der Waals surface area contributed by atoms with Crippen molar-refractivity contribution in [1.82, 2.24) is 47.1 Å². The summed E-state index contributed by atoms with van der Waals surface area (Å²) in [5.74, 6) is -9.28. The first kappa shape index (κ1) is 83.9. The molecular weight excluding hydrogens is 1430 g/mol. The van der Waals surface area contributed by atoms with Crippen molar-refractivity contribution in [2.24, 2.45) is 28.1 Å². The number of hydrogen-bond acceptors (Lipinski definition) is 21. The number of aromatic nitrogens is 1.